The Bertz CT molecular complexity index is 778. The number of benzene rings is 2. The van der Waals surface area contributed by atoms with E-state index in [-0.39, 0.29) is 28.3 Å². The second-order valence-corrected chi connectivity index (χ2v) is 4.60. The second-order valence-electron chi connectivity index (χ2n) is 4.60. The monoisotopic (exact) mass is 281 g/mol. The summed E-state index contributed by atoms with van der Waals surface area (Å²) in [5, 5.41) is 22.4. The molecule has 104 valence electrons. The number of hydrogen-bond acceptors (Lipinski definition) is 5. The summed E-state index contributed by atoms with van der Waals surface area (Å²) >= 11 is 0. The third kappa shape index (κ3) is 2.14. The molecular weight excluding hydrogens is 270 g/mol. The molecule has 2 aromatic rings. The number of nitrogens with one attached hydrogen (secondary N) is 1. The van der Waals surface area contributed by atoms with Crippen LogP contribution in [-0.4, -0.2) is 21.8 Å². The van der Waals surface area contributed by atoms with Gasteiger partial charge in [0.15, 0.2) is 5.78 Å². The Kier molecular flexibility index (Phi) is 2.95. The fourth-order valence-electron chi connectivity index (χ4n) is 2.23. The Morgan fingerprint density at radius 2 is 1.43 bits per heavy atom. The van der Waals surface area contributed by atoms with Gasteiger partial charge in [0.05, 0.1) is 16.8 Å². The quantitative estimate of drug-likeness (QED) is 0.736. The summed E-state index contributed by atoms with van der Waals surface area (Å²) in [7, 11) is 0. The molecule has 3 rings (SSSR count). The van der Waals surface area contributed by atoms with Crippen LogP contribution in [0.3, 0.4) is 0 Å². The normalized spacial score (nSPS) is 13.6. The van der Waals surface area contributed by atoms with E-state index in [1.165, 1.54) is 12.1 Å². The molecule has 0 radical (unpaired) electrons. The van der Waals surface area contributed by atoms with E-state index in [0.29, 0.717) is 5.69 Å². The first-order valence-electron chi connectivity index (χ1n) is 6.25. The number of phenolic OH excluding ortho intramolecular Hbond substituents is 2. The molecule has 0 unspecified atom stereocenters. The molecule has 21 heavy (non-hydrogen) atoms. The van der Waals surface area contributed by atoms with E-state index < -0.39 is 11.6 Å². The van der Waals surface area contributed by atoms with Gasteiger partial charge >= 0.3 is 0 Å². The fourth-order valence-corrected chi connectivity index (χ4v) is 2.23. The SMILES string of the molecule is O=C1C=C(Nc2ccccc2)C(=O)c2c(O)ccc(O)c21. The van der Waals surface area contributed by atoms with Gasteiger partial charge < -0.3 is 15.5 Å². The van der Waals surface area contributed by atoms with Crippen LogP contribution in [0.2, 0.25) is 0 Å². The Labute approximate surface area is 120 Å². The molecule has 0 saturated heterocycles. The number of anilines is 1. The van der Waals surface area contributed by atoms with Gasteiger partial charge in [0, 0.05) is 11.8 Å². The van der Waals surface area contributed by atoms with E-state index in [1.54, 1.807) is 24.3 Å². The predicted molar refractivity (Wildman–Crippen MR) is 76.6 cm³/mol. The zero-order valence-corrected chi connectivity index (χ0v) is 10.8. The minimum atomic E-state index is -0.540. The van der Waals surface area contributed by atoms with Crippen LogP contribution in [-0.2, 0) is 0 Å². The summed E-state index contributed by atoms with van der Waals surface area (Å²) in [6, 6.07) is 11.3. The van der Waals surface area contributed by atoms with Crippen molar-refractivity contribution in [3.63, 3.8) is 0 Å². The number of carbonyl (C=O) groups excluding carboxylic acids is 2. The number of ketones is 2. The standard InChI is InChI=1S/C16H11NO4/c18-11-6-7-12(19)15-14(11)13(20)8-10(16(15)21)17-9-4-2-1-3-5-9/h1-8,17-19H. The molecule has 0 aliphatic heterocycles. The highest BCUT2D eigenvalue weighted by Gasteiger charge is 2.31. The number of hydrogen-bond donors (Lipinski definition) is 3. The van der Waals surface area contributed by atoms with Crippen molar-refractivity contribution < 1.29 is 19.8 Å². The first kappa shape index (κ1) is 12.9. The van der Waals surface area contributed by atoms with E-state index in [1.807, 2.05) is 6.07 Å². The molecule has 0 saturated carbocycles. The van der Waals surface area contributed by atoms with Gasteiger partial charge in [-0.3, -0.25) is 9.59 Å². The first-order valence-corrected chi connectivity index (χ1v) is 6.25. The zero-order chi connectivity index (χ0) is 15.0. The van der Waals surface area contributed by atoms with Gasteiger partial charge in [-0.2, -0.15) is 0 Å². The Hall–Kier alpha value is -3.08. The molecule has 0 spiro atoms. The van der Waals surface area contributed by atoms with Crippen LogP contribution in [0.15, 0.2) is 54.2 Å². The highest BCUT2D eigenvalue weighted by Crippen LogP contribution is 2.34. The van der Waals surface area contributed by atoms with Crippen LogP contribution < -0.4 is 5.32 Å². The van der Waals surface area contributed by atoms with Crippen molar-refractivity contribution >= 4 is 17.3 Å². The number of carbonyl (C=O) groups is 2. The third-order valence-corrected chi connectivity index (χ3v) is 3.21. The van der Waals surface area contributed by atoms with E-state index in [9.17, 15) is 19.8 Å². The van der Waals surface area contributed by atoms with Crippen molar-refractivity contribution in [2.45, 2.75) is 0 Å². The maximum absolute atomic E-state index is 12.4. The molecule has 1 aliphatic carbocycles. The van der Waals surface area contributed by atoms with Crippen molar-refractivity contribution in [2.75, 3.05) is 5.32 Å². The van der Waals surface area contributed by atoms with Gasteiger partial charge in [0.2, 0.25) is 5.78 Å². The highest BCUT2D eigenvalue weighted by molar-refractivity contribution is 6.27. The molecule has 1 aliphatic rings. The summed E-state index contributed by atoms with van der Waals surface area (Å²) in [5.74, 6) is -1.73. The summed E-state index contributed by atoms with van der Waals surface area (Å²) in [5.41, 5.74) is 0.354. The largest absolute Gasteiger partial charge is 0.507 e. The van der Waals surface area contributed by atoms with Crippen molar-refractivity contribution in [3.05, 3.63) is 65.4 Å². The molecule has 0 fully saturated rings. The molecule has 3 N–H and O–H groups in total. The molecule has 0 heterocycles. The van der Waals surface area contributed by atoms with Crippen molar-refractivity contribution in [3.8, 4) is 11.5 Å². The van der Waals surface area contributed by atoms with Crippen LogP contribution in [0, 0.1) is 0 Å². The lowest BCUT2D eigenvalue weighted by Gasteiger charge is -2.18. The fraction of sp³-hybridized carbons (Fsp3) is 0. The number of fused-ring (bicyclic) bond motifs is 1. The molecule has 2 aromatic carbocycles. The zero-order valence-electron chi connectivity index (χ0n) is 10.8. The van der Waals surface area contributed by atoms with Crippen molar-refractivity contribution in [1.29, 1.82) is 0 Å². The number of aromatic hydroxyl groups is 2. The summed E-state index contributed by atoms with van der Waals surface area (Å²) in [6.07, 6.45) is 1.12. The van der Waals surface area contributed by atoms with Crippen LogP contribution in [0.1, 0.15) is 20.7 Å². The maximum Gasteiger partial charge on any atom is 0.213 e. The van der Waals surface area contributed by atoms with Gasteiger partial charge in [-0.05, 0) is 24.3 Å². The smallest absolute Gasteiger partial charge is 0.213 e. The number of para-hydroxylation sites is 1. The number of Topliss-reactive ketones (excluding diaryl/α,β-unsaturated/α-hetero) is 1. The van der Waals surface area contributed by atoms with Gasteiger partial charge in [-0.1, -0.05) is 18.2 Å². The van der Waals surface area contributed by atoms with Gasteiger partial charge in [0.1, 0.15) is 11.5 Å². The molecule has 0 aromatic heterocycles. The lowest BCUT2D eigenvalue weighted by Crippen LogP contribution is -2.21. The molecule has 5 nitrogen and oxygen atoms in total. The summed E-state index contributed by atoms with van der Waals surface area (Å²) in [4.78, 5) is 24.5. The minimum Gasteiger partial charge on any atom is -0.507 e. The summed E-state index contributed by atoms with van der Waals surface area (Å²) in [6.45, 7) is 0. The average molecular weight is 281 g/mol. The molecule has 0 atom stereocenters. The molecule has 0 bridgehead atoms. The molecule has 0 amide bonds. The first-order chi connectivity index (χ1) is 10.1. The Morgan fingerprint density at radius 1 is 0.810 bits per heavy atom. The van der Waals surface area contributed by atoms with Gasteiger partial charge in [-0.15, -0.1) is 0 Å². The van der Waals surface area contributed by atoms with Gasteiger partial charge in [0.25, 0.3) is 0 Å². The lowest BCUT2D eigenvalue weighted by molar-refractivity contribution is 0.0980. The second kappa shape index (κ2) is 4.79. The number of allylic oxidation sites excluding steroid dienone is 2. The average Bonchev–Trinajstić information content (AvgIpc) is 2.48. The van der Waals surface area contributed by atoms with Crippen LogP contribution in [0.25, 0.3) is 0 Å². The molecular formula is C16H11NO4. The number of rotatable bonds is 2. The third-order valence-electron chi connectivity index (χ3n) is 3.21. The molecule has 5 heteroatoms. The predicted octanol–water partition coefficient (Wildman–Crippen LogP) is 2.47. The minimum absolute atomic E-state index is 0.0552. The van der Waals surface area contributed by atoms with E-state index >= 15 is 0 Å². The van der Waals surface area contributed by atoms with Crippen LogP contribution >= 0.6 is 0 Å². The topological polar surface area (TPSA) is 86.6 Å². The van der Waals surface area contributed by atoms with Crippen LogP contribution in [0.5, 0.6) is 11.5 Å². The Morgan fingerprint density at radius 3 is 2.10 bits per heavy atom. The van der Waals surface area contributed by atoms with E-state index in [4.69, 9.17) is 0 Å². The van der Waals surface area contributed by atoms with Crippen LogP contribution in [0.4, 0.5) is 5.69 Å². The Balaban J connectivity index is 2.06. The maximum atomic E-state index is 12.4. The number of phenols is 2. The van der Waals surface area contributed by atoms with E-state index in [0.717, 1.165) is 6.08 Å². The van der Waals surface area contributed by atoms with Gasteiger partial charge in [-0.25, -0.2) is 0 Å². The van der Waals surface area contributed by atoms with Crippen molar-refractivity contribution in [1.82, 2.24) is 0 Å². The van der Waals surface area contributed by atoms with Crippen molar-refractivity contribution in [2.24, 2.45) is 0 Å². The van der Waals surface area contributed by atoms with E-state index in [2.05, 4.69) is 5.32 Å². The summed E-state index contributed by atoms with van der Waals surface area (Å²) < 4.78 is 0. The highest BCUT2D eigenvalue weighted by atomic mass is 16.3. The lowest BCUT2D eigenvalue weighted by atomic mass is 9.91.